The molecule has 0 unspecified atom stereocenters. The number of hydrogen-bond donors (Lipinski definition) is 0. The van der Waals surface area contributed by atoms with Gasteiger partial charge in [0.1, 0.15) is 23.7 Å². The van der Waals surface area contributed by atoms with Gasteiger partial charge in [0.05, 0.1) is 35.2 Å². The standard InChI is InChI=1S/C69H99N3O2/c1-44(2)14-11-16-46(5)56-26-28-58-54-24-20-48-40-50(32-36-66(48,7)60(54)34-38-68(56,58)9)73-52-22-30-62(70-42-52)64-18-13-19-65(72-64)63-31-23-53(43-71-63)74-51-33-37-67(8)49(41-51)21-25-55-59-29-27-57(47(6)17-12-15-45(3)4)69(59,10)39-35-61(55)67/h13,18-23,30-31,42-47,50-51,54-61H,11-12,14-17,24-29,32-41H2,1-10H3/t46-,47-,50+,51+,54+,55+,56-,57-,58+,59+,60+,61+,66+,67+,68-,69-/m1/s1. The minimum absolute atomic E-state index is 0.205. The summed E-state index contributed by atoms with van der Waals surface area (Å²) in [7, 11) is 0. The van der Waals surface area contributed by atoms with Crippen LogP contribution >= 0.6 is 0 Å². The molecule has 0 saturated heterocycles. The SMILES string of the molecule is CC(C)CCC[C@@H](C)[C@H]1CC[C@H]2[C@@H]3CC=C4C[C@@H](Oc5ccc(-c6cccc(-c7ccc(O[C@H]8CC[C@@]9(C)C(=CC[C@H]%10[C@@H]%11CC[C@H]([C@H](C)CCCC(C)C)[C@@]%11(C)CC[C@@H]%109)C8)cn7)n6)nc5)CC[C@]4(C)[C@H]3CC[C@]12C. The molecule has 3 heterocycles. The number of ether oxygens (including phenoxy) is 2. The maximum Gasteiger partial charge on any atom is 0.138 e. The molecule has 6 fully saturated rings. The quantitative estimate of drug-likeness (QED) is 0.134. The maximum absolute atomic E-state index is 6.75. The van der Waals surface area contributed by atoms with Crippen molar-refractivity contribution in [2.75, 3.05) is 0 Å². The van der Waals surface area contributed by atoms with Crippen LogP contribution in [0, 0.1) is 92.7 Å². The molecule has 8 aliphatic carbocycles. The monoisotopic (exact) mass is 1000 g/mol. The smallest absolute Gasteiger partial charge is 0.138 e. The summed E-state index contributed by atoms with van der Waals surface area (Å²) in [5, 5.41) is 0. The molecule has 16 atom stereocenters. The Balaban J connectivity index is 0.671. The Morgan fingerprint density at radius 3 is 1.34 bits per heavy atom. The summed E-state index contributed by atoms with van der Waals surface area (Å²) in [5.74, 6) is 12.1. The summed E-state index contributed by atoms with van der Waals surface area (Å²) < 4.78 is 13.5. The van der Waals surface area contributed by atoms with Crippen LogP contribution < -0.4 is 9.47 Å². The van der Waals surface area contributed by atoms with Crippen LogP contribution in [0.3, 0.4) is 0 Å². The Labute approximate surface area is 450 Å². The normalized spacial score (nSPS) is 38.1. The first-order valence-electron chi connectivity index (χ1n) is 31.2. The van der Waals surface area contributed by atoms with Crippen LogP contribution in [0.4, 0.5) is 0 Å². The van der Waals surface area contributed by atoms with E-state index in [2.05, 4.69) is 124 Å². The predicted molar refractivity (Wildman–Crippen MR) is 306 cm³/mol. The number of hydrogen-bond acceptors (Lipinski definition) is 5. The van der Waals surface area contributed by atoms with E-state index in [9.17, 15) is 0 Å². The van der Waals surface area contributed by atoms with E-state index in [1.54, 1.807) is 11.1 Å². The van der Waals surface area contributed by atoms with Crippen molar-refractivity contribution in [3.05, 3.63) is 78.2 Å². The number of pyridine rings is 3. The molecule has 0 aliphatic heterocycles. The van der Waals surface area contributed by atoms with Gasteiger partial charge in [0.2, 0.25) is 0 Å². The van der Waals surface area contributed by atoms with Crippen molar-refractivity contribution >= 4 is 0 Å². The Kier molecular flexibility index (Phi) is 15.0. The van der Waals surface area contributed by atoms with E-state index >= 15 is 0 Å². The minimum Gasteiger partial charge on any atom is -0.488 e. The zero-order valence-electron chi connectivity index (χ0n) is 48.1. The van der Waals surface area contributed by atoms with Crippen LogP contribution in [0.1, 0.15) is 210 Å². The molecule has 3 aromatic heterocycles. The summed E-state index contributed by atoms with van der Waals surface area (Å²) in [6.07, 6.45) is 39.0. The van der Waals surface area contributed by atoms with Crippen molar-refractivity contribution in [2.45, 2.75) is 223 Å². The third-order valence-electron chi connectivity index (χ3n) is 23.9. The second-order valence-electron chi connectivity index (χ2n) is 28.7. The van der Waals surface area contributed by atoms with Crippen molar-refractivity contribution in [1.29, 1.82) is 0 Å². The summed E-state index contributed by atoms with van der Waals surface area (Å²) in [5.41, 5.74) is 8.49. The van der Waals surface area contributed by atoms with Crippen LogP contribution in [0.25, 0.3) is 22.8 Å². The van der Waals surface area contributed by atoms with Crippen molar-refractivity contribution in [3.8, 4) is 34.3 Å². The van der Waals surface area contributed by atoms with Crippen molar-refractivity contribution in [2.24, 2.45) is 92.7 Å². The van der Waals surface area contributed by atoms with Crippen LogP contribution in [0.15, 0.2) is 78.2 Å². The molecular formula is C69H99N3O2. The Morgan fingerprint density at radius 1 is 0.486 bits per heavy atom. The second-order valence-corrected chi connectivity index (χ2v) is 28.7. The summed E-state index contributed by atoms with van der Waals surface area (Å²) in [4.78, 5) is 14.9. The lowest BCUT2D eigenvalue weighted by Crippen LogP contribution is -2.51. The number of rotatable bonds is 16. The number of allylic oxidation sites excluding steroid dienone is 2. The fourth-order valence-corrected chi connectivity index (χ4v) is 19.8. The number of fused-ring (bicyclic) bond motifs is 10. The average molecular weight is 1000 g/mol. The molecular weight excluding hydrogens is 903 g/mol. The molecule has 6 saturated carbocycles. The lowest BCUT2D eigenvalue weighted by molar-refractivity contribution is -0.0559. The van der Waals surface area contributed by atoms with E-state index in [-0.39, 0.29) is 12.2 Å². The molecule has 74 heavy (non-hydrogen) atoms. The van der Waals surface area contributed by atoms with Gasteiger partial charge in [-0.25, -0.2) is 4.98 Å². The highest BCUT2D eigenvalue weighted by atomic mass is 16.5. The van der Waals surface area contributed by atoms with Crippen molar-refractivity contribution in [3.63, 3.8) is 0 Å². The third kappa shape index (κ3) is 9.81. The van der Waals surface area contributed by atoms with E-state index in [1.807, 2.05) is 12.4 Å². The first-order chi connectivity index (χ1) is 35.6. The lowest BCUT2D eigenvalue weighted by Gasteiger charge is -2.58. The highest BCUT2D eigenvalue weighted by Gasteiger charge is 2.61. The Morgan fingerprint density at radius 2 is 0.932 bits per heavy atom. The van der Waals surface area contributed by atoms with E-state index in [0.29, 0.717) is 21.7 Å². The van der Waals surface area contributed by atoms with E-state index in [0.717, 1.165) is 131 Å². The van der Waals surface area contributed by atoms with Gasteiger partial charge in [0.15, 0.2) is 0 Å². The summed E-state index contributed by atoms with van der Waals surface area (Å²) in [6, 6.07) is 14.5. The molecule has 8 aliphatic rings. The molecule has 0 radical (unpaired) electrons. The topological polar surface area (TPSA) is 57.1 Å². The molecule has 5 heteroatoms. The van der Waals surface area contributed by atoms with Crippen LogP contribution in [0.5, 0.6) is 11.5 Å². The molecule has 0 bridgehead atoms. The number of nitrogens with zero attached hydrogens (tertiary/aromatic N) is 3. The zero-order valence-corrected chi connectivity index (χ0v) is 48.1. The van der Waals surface area contributed by atoms with Gasteiger partial charge in [-0.3, -0.25) is 9.97 Å². The largest absolute Gasteiger partial charge is 0.488 e. The molecule has 0 amide bonds. The third-order valence-corrected chi connectivity index (χ3v) is 23.9. The van der Waals surface area contributed by atoms with Crippen LogP contribution in [-0.4, -0.2) is 27.2 Å². The highest BCUT2D eigenvalue weighted by molar-refractivity contribution is 5.62. The van der Waals surface area contributed by atoms with Crippen LogP contribution in [-0.2, 0) is 0 Å². The van der Waals surface area contributed by atoms with E-state index in [1.165, 1.54) is 116 Å². The van der Waals surface area contributed by atoms with Gasteiger partial charge >= 0.3 is 0 Å². The average Bonchev–Trinajstić information content (AvgIpc) is 4.00. The first kappa shape index (κ1) is 52.6. The molecule has 11 rings (SSSR count). The zero-order chi connectivity index (χ0) is 51.6. The molecule has 402 valence electrons. The van der Waals surface area contributed by atoms with E-state index < -0.39 is 0 Å². The highest BCUT2D eigenvalue weighted by Crippen LogP contribution is 2.69. The Bertz CT molecular complexity index is 2310. The van der Waals surface area contributed by atoms with Gasteiger partial charge < -0.3 is 9.47 Å². The molecule has 5 nitrogen and oxygen atoms in total. The van der Waals surface area contributed by atoms with Gasteiger partial charge in [0.25, 0.3) is 0 Å². The lowest BCUT2D eigenvalue weighted by atomic mass is 9.47. The summed E-state index contributed by atoms with van der Waals surface area (Å²) >= 11 is 0. The van der Waals surface area contributed by atoms with Crippen molar-refractivity contribution < 1.29 is 9.47 Å². The van der Waals surface area contributed by atoms with Gasteiger partial charge in [-0.2, -0.15) is 0 Å². The fourth-order valence-electron chi connectivity index (χ4n) is 19.8. The second kappa shape index (κ2) is 21.1. The Hall–Kier alpha value is -3.47. The van der Waals surface area contributed by atoms with Gasteiger partial charge in [0, 0.05) is 12.8 Å². The van der Waals surface area contributed by atoms with Gasteiger partial charge in [-0.05, 0) is 219 Å². The van der Waals surface area contributed by atoms with E-state index in [4.69, 9.17) is 24.4 Å². The fraction of sp³-hybridized carbons (Fsp3) is 0.725. The maximum atomic E-state index is 6.75. The number of aromatic nitrogens is 3. The van der Waals surface area contributed by atoms with Gasteiger partial charge in [-0.15, -0.1) is 0 Å². The predicted octanol–water partition coefficient (Wildman–Crippen LogP) is 18.8. The first-order valence-corrected chi connectivity index (χ1v) is 31.2. The minimum atomic E-state index is 0.205. The van der Waals surface area contributed by atoms with Crippen molar-refractivity contribution in [1.82, 2.24) is 15.0 Å². The molecule has 0 spiro atoms. The molecule has 3 aromatic rings. The van der Waals surface area contributed by atoms with Crippen LogP contribution in [0.2, 0.25) is 0 Å². The van der Waals surface area contributed by atoms with Gasteiger partial charge in [-0.1, -0.05) is 137 Å². The molecule has 0 N–H and O–H groups in total. The molecule has 0 aromatic carbocycles. The summed E-state index contributed by atoms with van der Waals surface area (Å²) in [6.45, 7) is 25.5.